The molecule has 25 heavy (non-hydrogen) atoms. The monoisotopic (exact) mass is 362 g/mol. The van der Waals surface area contributed by atoms with Gasteiger partial charge < -0.3 is 5.11 Å². The highest BCUT2D eigenvalue weighted by Gasteiger charge is 2.14. The smallest absolute Gasteiger partial charge is 0.269 e. The average molecular weight is 362 g/mol. The number of hydrogen-bond donors (Lipinski definition) is 1. The van der Waals surface area contributed by atoms with E-state index in [9.17, 15) is 20.0 Å². The van der Waals surface area contributed by atoms with Crippen molar-refractivity contribution in [2.75, 3.05) is 0 Å². The van der Waals surface area contributed by atoms with Gasteiger partial charge >= 0.3 is 0 Å². The molecule has 0 aliphatic heterocycles. The number of nitrogens with zero attached hydrogens (tertiary/aromatic N) is 4. The van der Waals surface area contributed by atoms with Gasteiger partial charge in [-0.05, 0) is 44.6 Å². The first-order valence-electron chi connectivity index (χ1n) is 7.67. The summed E-state index contributed by atoms with van der Waals surface area (Å²) in [6, 6.07) is 4.23. The fourth-order valence-electron chi connectivity index (χ4n) is 2.42. The SMILES string of the molecule is CCn1c(O)c(C=Nc2ccc([N+](=O)[O-])cc2C)c(=O)n(CC)c1=S. The van der Waals surface area contributed by atoms with Gasteiger partial charge in [0, 0.05) is 31.4 Å². The molecule has 2 rings (SSSR count). The molecule has 0 saturated heterocycles. The molecule has 0 bridgehead atoms. The fraction of sp³-hybridized carbons (Fsp3) is 0.312. The van der Waals surface area contributed by atoms with Crippen LogP contribution in [0.1, 0.15) is 25.0 Å². The minimum Gasteiger partial charge on any atom is -0.494 e. The quantitative estimate of drug-likeness (QED) is 0.381. The normalized spacial score (nSPS) is 11.2. The molecule has 0 fully saturated rings. The van der Waals surface area contributed by atoms with Gasteiger partial charge in [-0.3, -0.25) is 29.0 Å². The Morgan fingerprint density at radius 2 is 1.96 bits per heavy atom. The first-order chi connectivity index (χ1) is 11.8. The Bertz CT molecular complexity index is 975. The Balaban J connectivity index is 2.57. The molecule has 0 unspecified atom stereocenters. The summed E-state index contributed by atoms with van der Waals surface area (Å²) in [5.41, 5.74) is 0.613. The Morgan fingerprint density at radius 1 is 1.32 bits per heavy atom. The van der Waals surface area contributed by atoms with Crippen molar-refractivity contribution in [3.63, 3.8) is 0 Å². The van der Waals surface area contributed by atoms with E-state index in [4.69, 9.17) is 12.2 Å². The van der Waals surface area contributed by atoms with Crippen molar-refractivity contribution in [3.05, 3.63) is 54.6 Å². The van der Waals surface area contributed by atoms with E-state index >= 15 is 0 Å². The lowest BCUT2D eigenvalue weighted by atomic mass is 10.2. The van der Waals surface area contributed by atoms with Crippen LogP contribution in [0.4, 0.5) is 11.4 Å². The van der Waals surface area contributed by atoms with E-state index in [1.165, 1.54) is 33.5 Å². The van der Waals surface area contributed by atoms with Gasteiger partial charge in [0.2, 0.25) is 5.88 Å². The van der Waals surface area contributed by atoms with Gasteiger partial charge in [0.15, 0.2) is 4.77 Å². The van der Waals surface area contributed by atoms with E-state index in [0.717, 1.165) is 0 Å². The van der Waals surface area contributed by atoms with E-state index in [2.05, 4.69) is 4.99 Å². The van der Waals surface area contributed by atoms with Gasteiger partial charge in [0.1, 0.15) is 5.56 Å². The lowest BCUT2D eigenvalue weighted by Gasteiger charge is -2.13. The molecular weight excluding hydrogens is 344 g/mol. The molecule has 1 aromatic carbocycles. The molecular formula is C16H18N4O4S. The van der Waals surface area contributed by atoms with Gasteiger partial charge in [-0.1, -0.05) is 0 Å². The largest absolute Gasteiger partial charge is 0.494 e. The highest BCUT2D eigenvalue weighted by Crippen LogP contribution is 2.24. The minimum atomic E-state index is -0.487. The molecule has 0 saturated carbocycles. The second-order valence-corrected chi connectivity index (χ2v) is 5.66. The van der Waals surface area contributed by atoms with E-state index < -0.39 is 10.5 Å². The predicted molar refractivity (Wildman–Crippen MR) is 97.6 cm³/mol. The molecule has 0 aliphatic carbocycles. The molecule has 0 aliphatic rings. The zero-order valence-corrected chi connectivity index (χ0v) is 14.9. The number of aryl methyl sites for hydroxylation is 1. The van der Waals surface area contributed by atoms with Crippen molar-refractivity contribution in [3.8, 4) is 5.88 Å². The summed E-state index contributed by atoms with van der Waals surface area (Å²) < 4.78 is 3.07. The molecule has 0 spiro atoms. The van der Waals surface area contributed by atoms with Gasteiger partial charge in [0.25, 0.3) is 11.2 Å². The molecule has 0 radical (unpaired) electrons. The lowest BCUT2D eigenvalue weighted by molar-refractivity contribution is -0.384. The predicted octanol–water partition coefficient (Wildman–Crippen LogP) is 3.09. The first-order valence-corrected chi connectivity index (χ1v) is 8.08. The zero-order valence-electron chi connectivity index (χ0n) is 14.1. The van der Waals surface area contributed by atoms with Crippen LogP contribution in [0, 0.1) is 21.8 Å². The molecule has 0 amide bonds. The maximum absolute atomic E-state index is 12.5. The van der Waals surface area contributed by atoms with Crippen molar-refractivity contribution in [1.29, 1.82) is 0 Å². The van der Waals surface area contributed by atoms with Crippen molar-refractivity contribution >= 4 is 29.8 Å². The third-order valence-electron chi connectivity index (χ3n) is 3.79. The number of non-ortho nitro benzene ring substituents is 1. The molecule has 1 N–H and O–H groups in total. The van der Waals surface area contributed by atoms with Crippen LogP contribution in [0.5, 0.6) is 5.88 Å². The van der Waals surface area contributed by atoms with Crippen LogP contribution in [0.2, 0.25) is 0 Å². The number of aromatic hydroxyl groups is 1. The highest BCUT2D eigenvalue weighted by molar-refractivity contribution is 7.71. The summed E-state index contributed by atoms with van der Waals surface area (Å²) in [6.07, 6.45) is 1.26. The lowest BCUT2D eigenvalue weighted by Crippen LogP contribution is -2.27. The summed E-state index contributed by atoms with van der Waals surface area (Å²) in [6.45, 7) is 6.05. The first kappa shape index (κ1) is 18.5. The van der Waals surface area contributed by atoms with Crippen molar-refractivity contribution in [2.45, 2.75) is 33.9 Å². The van der Waals surface area contributed by atoms with Crippen LogP contribution in [-0.2, 0) is 13.1 Å². The number of aromatic nitrogens is 2. The van der Waals surface area contributed by atoms with E-state index in [0.29, 0.717) is 24.3 Å². The standard InChI is InChI=1S/C16H18N4O4S/c1-4-18-14(21)12(15(22)19(5-2)16(18)25)9-17-13-7-6-11(20(23)24)8-10(13)3/h6-9,21H,4-5H2,1-3H3. The Hall–Kier alpha value is -2.81. The Morgan fingerprint density at radius 3 is 2.48 bits per heavy atom. The zero-order chi connectivity index (χ0) is 18.7. The summed E-state index contributed by atoms with van der Waals surface area (Å²) in [5, 5.41) is 21.1. The van der Waals surface area contributed by atoms with Gasteiger partial charge in [0.05, 0.1) is 10.6 Å². The minimum absolute atomic E-state index is 0.0232. The Kier molecular flexibility index (Phi) is 5.48. The van der Waals surface area contributed by atoms with Crippen LogP contribution < -0.4 is 5.56 Å². The number of aliphatic imine (C=N–C) groups is 1. The molecule has 0 atom stereocenters. The van der Waals surface area contributed by atoms with Crippen LogP contribution in [0.3, 0.4) is 0 Å². The fourth-order valence-corrected chi connectivity index (χ4v) is 2.85. The maximum Gasteiger partial charge on any atom is 0.269 e. The number of nitro groups is 1. The van der Waals surface area contributed by atoms with E-state index in [1.807, 2.05) is 0 Å². The third-order valence-corrected chi connectivity index (χ3v) is 4.23. The average Bonchev–Trinajstić information content (AvgIpc) is 2.56. The van der Waals surface area contributed by atoms with E-state index in [-0.39, 0.29) is 21.9 Å². The maximum atomic E-state index is 12.5. The second-order valence-electron chi connectivity index (χ2n) is 5.30. The van der Waals surface area contributed by atoms with E-state index in [1.54, 1.807) is 20.8 Å². The Labute approximate surface area is 148 Å². The highest BCUT2D eigenvalue weighted by atomic mass is 32.1. The molecule has 1 aromatic heterocycles. The topological polar surface area (TPSA) is 103 Å². The summed E-state index contributed by atoms with van der Waals surface area (Å²) in [4.78, 5) is 27.0. The van der Waals surface area contributed by atoms with Crippen LogP contribution in [0.15, 0.2) is 28.0 Å². The number of rotatable bonds is 5. The van der Waals surface area contributed by atoms with Crippen molar-refractivity contribution in [2.24, 2.45) is 4.99 Å². The summed E-state index contributed by atoms with van der Waals surface area (Å²) in [5.74, 6) is -0.245. The van der Waals surface area contributed by atoms with Crippen molar-refractivity contribution in [1.82, 2.24) is 9.13 Å². The molecule has 1 heterocycles. The van der Waals surface area contributed by atoms with Crippen LogP contribution in [0.25, 0.3) is 0 Å². The number of hydrogen-bond acceptors (Lipinski definition) is 6. The molecule has 9 heteroatoms. The van der Waals surface area contributed by atoms with Crippen LogP contribution >= 0.6 is 12.2 Å². The van der Waals surface area contributed by atoms with Gasteiger partial charge in [-0.2, -0.15) is 0 Å². The third kappa shape index (κ3) is 3.50. The van der Waals surface area contributed by atoms with Gasteiger partial charge in [-0.15, -0.1) is 0 Å². The van der Waals surface area contributed by atoms with Crippen LogP contribution in [-0.4, -0.2) is 25.4 Å². The second kappa shape index (κ2) is 7.39. The number of benzene rings is 1. The van der Waals surface area contributed by atoms with Gasteiger partial charge in [-0.25, -0.2) is 0 Å². The summed E-state index contributed by atoms with van der Waals surface area (Å²) >= 11 is 5.22. The summed E-state index contributed by atoms with van der Waals surface area (Å²) in [7, 11) is 0. The van der Waals surface area contributed by atoms with Crippen molar-refractivity contribution < 1.29 is 10.0 Å². The molecule has 8 nitrogen and oxygen atoms in total. The molecule has 2 aromatic rings. The molecule has 132 valence electrons. The number of nitro benzene ring substituents is 1.